The van der Waals surface area contributed by atoms with Crippen LogP contribution < -0.4 is 5.32 Å². The second-order valence-corrected chi connectivity index (χ2v) is 7.59. The highest BCUT2D eigenvalue weighted by Crippen LogP contribution is 2.26. The maximum absolute atomic E-state index is 12.5. The van der Waals surface area contributed by atoms with Crippen molar-refractivity contribution in [2.75, 3.05) is 19.6 Å². The quantitative estimate of drug-likeness (QED) is 0.872. The minimum atomic E-state index is -1.52. The molecule has 2 amide bonds. The van der Waals surface area contributed by atoms with E-state index in [1.165, 1.54) is 11.8 Å². The zero-order chi connectivity index (χ0) is 18.0. The number of hydrogen-bond donors (Lipinski definition) is 2. The second-order valence-electron chi connectivity index (χ2n) is 7.15. The van der Waals surface area contributed by atoms with Crippen LogP contribution in [0, 0.1) is 0 Å². The minimum absolute atomic E-state index is 0.0474. The van der Waals surface area contributed by atoms with Gasteiger partial charge in [0.2, 0.25) is 5.91 Å². The molecule has 5 nitrogen and oxygen atoms in total. The topological polar surface area (TPSA) is 69.6 Å². The number of halogens is 1. The van der Waals surface area contributed by atoms with E-state index in [2.05, 4.69) is 5.32 Å². The number of piperidine rings is 1. The van der Waals surface area contributed by atoms with Gasteiger partial charge in [0.1, 0.15) is 0 Å². The lowest BCUT2D eigenvalue weighted by molar-refractivity contribution is -0.150. The molecular weight excluding hydrogens is 328 g/mol. The van der Waals surface area contributed by atoms with Gasteiger partial charge in [-0.25, -0.2) is 0 Å². The fourth-order valence-electron chi connectivity index (χ4n) is 2.97. The molecule has 1 aromatic rings. The normalized spacial score (nSPS) is 21.5. The van der Waals surface area contributed by atoms with Gasteiger partial charge < -0.3 is 15.3 Å². The molecule has 132 valence electrons. The highest BCUT2D eigenvalue weighted by Gasteiger charge is 2.41. The van der Waals surface area contributed by atoms with Gasteiger partial charge in [-0.3, -0.25) is 9.59 Å². The highest BCUT2D eigenvalue weighted by atomic mass is 35.5. The van der Waals surface area contributed by atoms with E-state index in [0.717, 1.165) is 5.56 Å². The van der Waals surface area contributed by atoms with Gasteiger partial charge in [-0.2, -0.15) is 0 Å². The van der Waals surface area contributed by atoms with E-state index in [-0.39, 0.29) is 17.9 Å². The van der Waals surface area contributed by atoms with Crippen LogP contribution in [0.5, 0.6) is 0 Å². The summed E-state index contributed by atoms with van der Waals surface area (Å²) in [6.45, 7) is 6.46. The number of nitrogens with zero attached hydrogens (tertiary/aromatic N) is 1. The molecule has 1 heterocycles. The van der Waals surface area contributed by atoms with Crippen molar-refractivity contribution in [3.05, 3.63) is 34.9 Å². The fraction of sp³-hybridized carbons (Fsp3) is 0.556. The van der Waals surface area contributed by atoms with E-state index in [4.69, 9.17) is 11.6 Å². The predicted molar refractivity (Wildman–Crippen MR) is 93.9 cm³/mol. The number of aliphatic hydroxyl groups is 1. The number of hydrogen-bond acceptors (Lipinski definition) is 3. The summed E-state index contributed by atoms with van der Waals surface area (Å²) in [7, 11) is 0. The Bertz CT molecular complexity index is 632. The Labute approximate surface area is 148 Å². The van der Waals surface area contributed by atoms with E-state index in [0.29, 0.717) is 31.0 Å². The summed E-state index contributed by atoms with van der Waals surface area (Å²) in [4.78, 5) is 25.5. The summed E-state index contributed by atoms with van der Waals surface area (Å²) in [5, 5.41) is 14.1. The van der Waals surface area contributed by atoms with Crippen LogP contribution in [0.4, 0.5) is 0 Å². The molecule has 1 atom stereocenters. The summed E-state index contributed by atoms with van der Waals surface area (Å²) in [6.07, 6.45) is 0.974. The molecule has 0 spiro atoms. The van der Waals surface area contributed by atoms with Crippen molar-refractivity contribution in [2.45, 2.75) is 44.6 Å². The Morgan fingerprint density at radius 2 is 2.12 bits per heavy atom. The number of likely N-dealkylation sites (tertiary alicyclic amines) is 1. The monoisotopic (exact) mass is 352 g/mol. The Morgan fingerprint density at radius 1 is 1.42 bits per heavy atom. The third kappa shape index (κ3) is 4.28. The third-order valence-electron chi connectivity index (χ3n) is 4.64. The maximum atomic E-state index is 12.5. The van der Waals surface area contributed by atoms with Gasteiger partial charge in [-0.1, -0.05) is 37.6 Å². The number of benzene rings is 1. The van der Waals surface area contributed by atoms with Crippen LogP contribution in [0.2, 0.25) is 5.02 Å². The number of β-amino-alcohol motifs (C(OH)–C–C–N with tert-alkyl or cyclic N) is 1. The fourth-order valence-corrected chi connectivity index (χ4v) is 3.16. The number of carbonyl (C=O) groups excluding carboxylic acids is 2. The molecule has 0 bridgehead atoms. The summed E-state index contributed by atoms with van der Waals surface area (Å²) >= 11 is 6.04. The molecule has 2 N–H and O–H groups in total. The average molecular weight is 353 g/mol. The average Bonchev–Trinajstić information content (AvgIpc) is 2.52. The van der Waals surface area contributed by atoms with Gasteiger partial charge >= 0.3 is 0 Å². The number of rotatable bonds is 4. The molecule has 0 radical (unpaired) electrons. The van der Waals surface area contributed by atoms with Gasteiger partial charge in [-0.05, 0) is 30.5 Å². The van der Waals surface area contributed by atoms with Gasteiger partial charge in [0.25, 0.3) is 5.91 Å². The van der Waals surface area contributed by atoms with Crippen LogP contribution in [0.3, 0.4) is 0 Å². The summed E-state index contributed by atoms with van der Waals surface area (Å²) in [5.41, 5.74) is -0.837. The highest BCUT2D eigenvalue weighted by molar-refractivity contribution is 6.30. The molecule has 1 aromatic carbocycles. The van der Waals surface area contributed by atoms with Crippen molar-refractivity contribution in [1.29, 1.82) is 0 Å². The van der Waals surface area contributed by atoms with Gasteiger partial charge in [-0.15, -0.1) is 0 Å². The van der Waals surface area contributed by atoms with E-state index in [1.807, 2.05) is 32.0 Å². The number of carbonyl (C=O) groups is 2. The van der Waals surface area contributed by atoms with Crippen molar-refractivity contribution in [1.82, 2.24) is 10.2 Å². The first kappa shape index (κ1) is 18.7. The lowest BCUT2D eigenvalue weighted by Crippen LogP contribution is -2.59. The molecule has 6 heteroatoms. The second kappa shape index (κ2) is 7.11. The molecule has 1 saturated heterocycles. The van der Waals surface area contributed by atoms with Crippen LogP contribution in [0.1, 0.15) is 39.2 Å². The van der Waals surface area contributed by atoms with Gasteiger partial charge in [0.15, 0.2) is 5.60 Å². The lowest BCUT2D eigenvalue weighted by atomic mass is 9.84. The molecule has 0 aromatic heterocycles. The molecule has 0 saturated carbocycles. The Morgan fingerprint density at radius 3 is 2.75 bits per heavy atom. The molecular formula is C18H25ClN2O3. The van der Waals surface area contributed by atoms with E-state index < -0.39 is 11.5 Å². The maximum Gasteiger partial charge on any atom is 0.253 e. The first-order valence-corrected chi connectivity index (χ1v) is 8.54. The summed E-state index contributed by atoms with van der Waals surface area (Å²) in [6, 6.07) is 7.52. The SMILES string of the molecule is CC(=O)N1CCC[C@@](O)(C(=O)NCC(C)(C)c2cccc(Cl)c2)C1. The van der Waals surface area contributed by atoms with Crippen LogP contribution in [-0.2, 0) is 15.0 Å². The molecule has 1 aliphatic rings. The smallest absolute Gasteiger partial charge is 0.253 e. The zero-order valence-electron chi connectivity index (χ0n) is 14.4. The van der Waals surface area contributed by atoms with Crippen LogP contribution in [-0.4, -0.2) is 47.1 Å². The summed E-state index contributed by atoms with van der Waals surface area (Å²) < 4.78 is 0. The third-order valence-corrected chi connectivity index (χ3v) is 4.87. The first-order chi connectivity index (χ1) is 11.1. The van der Waals surface area contributed by atoms with E-state index >= 15 is 0 Å². The van der Waals surface area contributed by atoms with E-state index in [1.54, 1.807) is 6.07 Å². The van der Waals surface area contributed by atoms with Crippen LogP contribution >= 0.6 is 11.6 Å². The standard InChI is InChI=1S/C18H25ClN2O3/c1-13(22)21-9-5-8-18(24,12-21)16(23)20-11-17(2,3)14-6-4-7-15(19)10-14/h4,6-7,10,24H,5,8-9,11-12H2,1-3H3,(H,20,23)/t18-/m0/s1. The van der Waals surface area contributed by atoms with E-state index in [9.17, 15) is 14.7 Å². The zero-order valence-corrected chi connectivity index (χ0v) is 15.2. The Kier molecular flexibility index (Phi) is 5.56. The first-order valence-electron chi connectivity index (χ1n) is 8.16. The molecule has 1 fully saturated rings. The minimum Gasteiger partial charge on any atom is -0.378 e. The number of nitrogens with one attached hydrogen (secondary N) is 1. The lowest BCUT2D eigenvalue weighted by Gasteiger charge is -2.38. The van der Waals surface area contributed by atoms with Crippen LogP contribution in [0.15, 0.2) is 24.3 Å². The van der Waals surface area contributed by atoms with Crippen molar-refractivity contribution in [3.8, 4) is 0 Å². The Hall–Kier alpha value is -1.59. The molecule has 0 unspecified atom stereocenters. The van der Waals surface area contributed by atoms with Crippen LogP contribution in [0.25, 0.3) is 0 Å². The predicted octanol–water partition coefficient (Wildman–Crippen LogP) is 2.11. The molecule has 24 heavy (non-hydrogen) atoms. The molecule has 2 rings (SSSR count). The largest absolute Gasteiger partial charge is 0.378 e. The van der Waals surface area contributed by atoms with Crippen molar-refractivity contribution in [3.63, 3.8) is 0 Å². The van der Waals surface area contributed by atoms with Gasteiger partial charge in [0, 0.05) is 30.5 Å². The number of amides is 2. The van der Waals surface area contributed by atoms with Crippen molar-refractivity contribution in [2.24, 2.45) is 0 Å². The van der Waals surface area contributed by atoms with Crippen molar-refractivity contribution < 1.29 is 14.7 Å². The van der Waals surface area contributed by atoms with Crippen molar-refractivity contribution >= 4 is 23.4 Å². The summed E-state index contributed by atoms with van der Waals surface area (Å²) in [5.74, 6) is -0.552. The molecule has 0 aliphatic carbocycles. The Balaban J connectivity index is 2.02. The van der Waals surface area contributed by atoms with Gasteiger partial charge in [0.05, 0.1) is 6.54 Å². The molecule has 1 aliphatic heterocycles.